The summed E-state index contributed by atoms with van der Waals surface area (Å²) in [7, 11) is -1.96. The molecule has 0 atom stereocenters. The van der Waals surface area contributed by atoms with Crippen molar-refractivity contribution in [3.05, 3.63) is 246 Å². The largest absolute Gasteiger partial charge is 0.455 e. The van der Waals surface area contributed by atoms with Crippen LogP contribution in [0.5, 0.6) is 0 Å². The first-order valence-electron chi connectivity index (χ1n) is 27.1. The molecule has 392 valence electrons. The maximum Gasteiger partial charge on any atom is 0.145 e. The maximum atomic E-state index is 7.49. The molecule has 0 aliphatic heterocycles. The number of anilines is 6. The van der Waals surface area contributed by atoms with E-state index in [2.05, 4.69) is 295 Å². The topological polar surface area (TPSA) is 32.5 Å². The minimum absolute atomic E-state index is 0.00939. The highest BCUT2D eigenvalue weighted by atomic mass is 32.3. The van der Waals surface area contributed by atoms with Crippen LogP contribution in [0.3, 0.4) is 0 Å². The molecular weight excluding hydrogens is 987 g/mol. The minimum atomic E-state index is -0.988. The van der Waals surface area contributed by atoms with Gasteiger partial charge in [0.05, 0.1) is 27.7 Å². The molecule has 12 rings (SSSR count). The van der Waals surface area contributed by atoms with Crippen LogP contribution >= 0.6 is 20.1 Å². The average molecular weight is 1060 g/mol. The summed E-state index contributed by atoms with van der Waals surface area (Å²) in [6.07, 6.45) is 16.2. The van der Waals surface area contributed by atoms with Gasteiger partial charge in [-0.1, -0.05) is 145 Å². The molecule has 11 aromatic rings. The van der Waals surface area contributed by atoms with Gasteiger partial charge in [-0.2, -0.15) is 0 Å². The molecule has 0 radical (unpaired) electrons. The van der Waals surface area contributed by atoms with Crippen molar-refractivity contribution in [2.45, 2.75) is 67.6 Å². The summed E-state index contributed by atoms with van der Waals surface area (Å²) in [5, 5.41) is 3.18. The first-order valence-corrected chi connectivity index (χ1v) is 32.8. The molecule has 0 bridgehead atoms. The van der Waals surface area contributed by atoms with E-state index in [0.717, 1.165) is 100 Å². The van der Waals surface area contributed by atoms with Gasteiger partial charge in [-0.15, -0.1) is 0 Å². The van der Waals surface area contributed by atoms with Crippen LogP contribution in [-0.2, 0) is 16.2 Å². The number of benzene rings is 9. The number of aromatic nitrogens is 1. The van der Waals surface area contributed by atoms with E-state index in [1.165, 1.54) is 20.9 Å². The molecule has 0 saturated heterocycles. The molecule has 0 unspecified atom stereocenters. The minimum Gasteiger partial charge on any atom is -0.455 e. The molecule has 0 amide bonds. The van der Waals surface area contributed by atoms with E-state index in [1.807, 2.05) is 6.20 Å². The Morgan fingerprint density at radius 3 is 1.31 bits per heavy atom. The molecule has 6 heteroatoms. The molecule has 2 heterocycles. The molecule has 1 aliphatic carbocycles. The third-order valence-corrected chi connectivity index (χ3v) is 19.4. The fourth-order valence-electron chi connectivity index (χ4n) is 12.0. The molecule has 4 nitrogen and oxygen atoms in total. The van der Waals surface area contributed by atoms with E-state index in [0.29, 0.717) is 0 Å². The van der Waals surface area contributed by atoms with E-state index in [-0.39, 0.29) is 10.8 Å². The number of fused-ring (bicyclic) bond motifs is 9. The van der Waals surface area contributed by atoms with Gasteiger partial charge in [-0.25, -0.2) is 20.1 Å². The average Bonchev–Trinajstić information content (AvgIpc) is 4.03. The summed E-state index contributed by atoms with van der Waals surface area (Å²) in [5.41, 5.74) is 17.5. The van der Waals surface area contributed by atoms with Crippen molar-refractivity contribution in [3.63, 3.8) is 0 Å². The van der Waals surface area contributed by atoms with Gasteiger partial charge in [-0.05, 0) is 195 Å². The molecule has 0 N–H and O–H groups in total. The van der Waals surface area contributed by atoms with E-state index in [4.69, 9.17) is 9.40 Å². The van der Waals surface area contributed by atoms with Gasteiger partial charge in [0, 0.05) is 50.8 Å². The van der Waals surface area contributed by atoms with Crippen LogP contribution in [0.2, 0.25) is 0 Å². The Morgan fingerprint density at radius 1 is 0.423 bits per heavy atom. The van der Waals surface area contributed by atoms with E-state index >= 15 is 0 Å². The Kier molecular flexibility index (Phi) is 12.4. The number of nitrogens with zero attached hydrogens (tertiary/aromatic N) is 3. The normalized spacial score (nSPS) is 13.9. The van der Waals surface area contributed by atoms with Crippen molar-refractivity contribution in [1.82, 2.24) is 4.98 Å². The third kappa shape index (κ3) is 8.60. The first kappa shape index (κ1) is 51.3. The summed E-state index contributed by atoms with van der Waals surface area (Å²) in [4.78, 5) is 13.2. The second-order valence-electron chi connectivity index (χ2n) is 24.7. The molecular formula is C72H71N3OS2. The van der Waals surface area contributed by atoms with Crippen LogP contribution in [0.4, 0.5) is 34.1 Å². The van der Waals surface area contributed by atoms with Gasteiger partial charge in [0.15, 0.2) is 0 Å². The molecule has 78 heavy (non-hydrogen) atoms. The zero-order chi connectivity index (χ0) is 54.5. The lowest BCUT2D eigenvalue weighted by Crippen LogP contribution is -2.29. The second-order valence-corrected chi connectivity index (χ2v) is 33.0. The monoisotopic (exact) mass is 1060 g/mol. The highest BCUT2D eigenvalue weighted by Crippen LogP contribution is 2.63. The Labute approximate surface area is 465 Å². The number of hydrogen-bond acceptors (Lipinski definition) is 4. The van der Waals surface area contributed by atoms with Crippen LogP contribution in [0.15, 0.2) is 227 Å². The highest BCUT2D eigenvalue weighted by molar-refractivity contribution is 8.32. The van der Waals surface area contributed by atoms with Crippen molar-refractivity contribution < 1.29 is 4.42 Å². The van der Waals surface area contributed by atoms with Crippen LogP contribution in [0, 0.1) is 0 Å². The van der Waals surface area contributed by atoms with Crippen molar-refractivity contribution in [3.8, 4) is 11.1 Å². The lowest BCUT2D eigenvalue weighted by Gasteiger charge is -2.36. The van der Waals surface area contributed by atoms with Gasteiger partial charge in [0.1, 0.15) is 11.2 Å². The van der Waals surface area contributed by atoms with Gasteiger partial charge in [-0.3, -0.25) is 4.98 Å². The van der Waals surface area contributed by atoms with Gasteiger partial charge in [0.25, 0.3) is 0 Å². The number of furan rings is 1. The van der Waals surface area contributed by atoms with E-state index in [9.17, 15) is 0 Å². The summed E-state index contributed by atoms with van der Waals surface area (Å²) in [6.45, 7) is 13.7. The van der Waals surface area contributed by atoms with E-state index in [1.54, 1.807) is 0 Å². The van der Waals surface area contributed by atoms with Crippen molar-refractivity contribution in [1.29, 1.82) is 0 Å². The lowest BCUT2D eigenvalue weighted by molar-refractivity contribution is 0.590. The van der Waals surface area contributed by atoms with Gasteiger partial charge in [0.2, 0.25) is 0 Å². The molecule has 9 aromatic carbocycles. The second kappa shape index (κ2) is 18.9. The molecule has 2 aromatic heterocycles. The van der Waals surface area contributed by atoms with Crippen LogP contribution in [0.1, 0.15) is 74.9 Å². The van der Waals surface area contributed by atoms with Crippen LogP contribution in [-0.4, -0.2) is 42.5 Å². The molecule has 0 fully saturated rings. The van der Waals surface area contributed by atoms with Crippen LogP contribution in [0.25, 0.3) is 44.0 Å². The SMILES string of the molecule is CC(C)(C)c1ccc(N(c2ccc(S(C)(C)C)cc2)c2cc3c(c4ncccc24)-c2c(cc(N(c4ccc(C(C)(C)C)cc4)c4ccc(S(C)(C)C)cc4)c4c2oc2ccccc24)C3(c2ccccc2)c2ccccc2)cc1. The van der Waals surface area contributed by atoms with E-state index < -0.39 is 25.5 Å². The number of para-hydroxylation sites is 1. The smallest absolute Gasteiger partial charge is 0.145 e. The standard InChI is InChI=1S/C72H71N3OS2/c1-70(2,3)48-29-33-52(34-30-48)74(54-37-41-56(42-38-54)77(7,8)9)62-46-60-66(68-58(62)27-21-45-73-68)67-61(72(60,50-22-15-13-16-23-50)51-24-17-14-18-25-51)47-63(65-59-26-19-20-28-64(59)76-69(65)67)75(53-35-31-49(32-36-53)71(4,5)6)55-39-43-57(44-40-55)78(10,11)12/h13-47H,1-12H3. The Hall–Kier alpha value is -7.51. The predicted octanol–water partition coefficient (Wildman–Crippen LogP) is 20.1. The fourth-order valence-corrected chi connectivity index (χ4v) is 13.9. The maximum absolute atomic E-state index is 7.49. The molecule has 0 saturated carbocycles. The van der Waals surface area contributed by atoms with Crippen molar-refractivity contribution in [2.24, 2.45) is 0 Å². The fraction of sp³-hybridized carbons (Fsp3) is 0.208. The number of hydrogen-bond donors (Lipinski definition) is 0. The summed E-state index contributed by atoms with van der Waals surface area (Å²) < 4.78 is 7.49. The highest BCUT2D eigenvalue weighted by Gasteiger charge is 2.50. The Morgan fingerprint density at radius 2 is 0.833 bits per heavy atom. The third-order valence-electron chi connectivity index (χ3n) is 16.0. The number of rotatable bonds is 10. The zero-order valence-electron chi connectivity index (χ0n) is 47.3. The summed E-state index contributed by atoms with van der Waals surface area (Å²) >= 11 is 0. The number of pyridine rings is 1. The summed E-state index contributed by atoms with van der Waals surface area (Å²) in [5.74, 6) is 0. The van der Waals surface area contributed by atoms with Crippen molar-refractivity contribution in [2.75, 3.05) is 47.3 Å². The van der Waals surface area contributed by atoms with Gasteiger partial charge >= 0.3 is 0 Å². The van der Waals surface area contributed by atoms with Crippen molar-refractivity contribution >= 4 is 87.0 Å². The summed E-state index contributed by atoms with van der Waals surface area (Å²) in [6, 6.07) is 77.4. The van der Waals surface area contributed by atoms with Crippen LogP contribution < -0.4 is 9.80 Å². The first-order chi connectivity index (χ1) is 37.2. The van der Waals surface area contributed by atoms with Gasteiger partial charge < -0.3 is 14.2 Å². The Balaban J connectivity index is 1.24. The molecule has 1 aliphatic rings. The predicted molar refractivity (Wildman–Crippen MR) is 340 cm³/mol. The Bertz CT molecular complexity index is 3870. The quantitative estimate of drug-likeness (QED) is 0.137. The molecule has 0 spiro atoms. The zero-order valence-corrected chi connectivity index (χ0v) is 48.9. The lowest BCUT2D eigenvalue weighted by atomic mass is 9.67.